The quantitative estimate of drug-likeness (QED) is 0.510. The summed E-state index contributed by atoms with van der Waals surface area (Å²) in [5, 5.41) is 3.15. The standard InChI is InChI=1S/C26H33BrN2O3/c1-3-20-12-14-24(15-13-20)32-18-25(30)29(17-21-8-7-9-22(27)16-21)19(2)26(31)28-23-10-5-4-6-11-23/h7-9,12-16,19,23H,3-6,10-11,17-18H2,1-2H3,(H,28,31). The second kappa shape index (κ2) is 12.0. The molecule has 0 spiro atoms. The average molecular weight is 501 g/mol. The fourth-order valence-corrected chi connectivity index (χ4v) is 4.48. The van der Waals surface area contributed by atoms with Crippen molar-refractivity contribution >= 4 is 27.7 Å². The number of nitrogens with zero attached hydrogens (tertiary/aromatic N) is 1. The van der Waals surface area contributed by atoms with Gasteiger partial charge in [0.05, 0.1) is 0 Å². The Hall–Kier alpha value is -2.34. The summed E-state index contributed by atoms with van der Waals surface area (Å²) in [6.45, 7) is 4.12. The second-order valence-corrected chi connectivity index (χ2v) is 9.37. The fourth-order valence-electron chi connectivity index (χ4n) is 4.03. The number of ether oxygens (including phenoxy) is 1. The van der Waals surface area contributed by atoms with E-state index in [1.165, 1.54) is 12.0 Å². The first kappa shape index (κ1) is 24.3. The minimum Gasteiger partial charge on any atom is -0.484 e. The molecule has 0 radical (unpaired) electrons. The third-order valence-corrected chi connectivity index (χ3v) is 6.55. The lowest BCUT2D eigenvalue weighted by Crippen LogP contribution is -2.51. The van der Waals surface area contributed by atoms with Crippen LogP contribution in [0, 0.1) is 0 Å². The number of halogens is 1. The van der Waals surface area contributed by atoms with Crippen LogP contribution in [0.4, 0.5) is 0 Å². The molecule has 32 heavy (non-hydrogen) atoms. The molecule has 1 fully saturated rings. The summed E-state index contributed by atoms with van der Waals surface area (Å²) in [5.74, 6) is 0.334. The fraction of sp³-hybridized carbons (Fsp3) is 0.462. The van der Waals surface area contributed by atoms with E-state index in [1.807, 2.05) is 48.5 Å². The van der Waals surface area contributed by atoms with Gasteiger partial charge in [0.1, 0.15) is 11.8 Å². The minimum atomic E-state index is -0.588. The summed E-state index contributed by atoms with van der Waals surface area (Å²) in [4.78, 5) is 27.8. The van der Waals surface area contributed by atoms with E-state index in [0.717, 1.165) is 42.1 Å². The normalized spacial score (nSPS) is 15.1. The van der Waals surface area contributed by atoms with Crippen LogP contribution in [0.2, 0.25) is 0 Å². The molecule has 1 N–H and O–H groups in total. The number of nitrogens with one attached hydrogen (secondary N) is 1. The molecule has 2 amide bonds. The molecule has 2 aromatic carbocycles. The number of hydrogen-bond acceptors (Lipinski definition) is 3. The van der Waals surface area contributed by atoms with Crippen LogP contribution in [0.5, 0.6) is 5.75 Å². The van der Waals surface area contributed by atoms with E-state index in [-0.39, 0.29) is 24.5 Å². The first-order valence-corrected chi connectivity index (χ1v) is 12.3. The molecule has 172 valence electrons. The summed E-state index contributed by atoms with van der Waals surface area (Å²) in [5.41, 5.74) is 2.17. The van der Waals surface area contributed by atoms with Crippen LogP contribution in [-0.2, 0) is 22.6 Å². The van der Waals surface area contributed by atoms with Crippen molar-refractivity contribution in [3.63, 3.8) is 0 Å². The average Bonchev–Trinajstić information content (AvgIpc) is 2.81. The molecule has 6 heteroatoms. The maximum Gasteiger partial charge on any atom is 0.261 e. The SMILES string of the molecule is CCc1ccc(OCC(=O)N(Cc2cccc(Br)c2)C(C)C(=O)NC2CCCCC2)cc1. The van der Waals surface area contributed by atoms with Crippen LogP contribution >= 0.6 is 15.9 Å². The molecule has 0 saturated heterocycles. The molecule has 0 aliphatic heterocycles. The van der Waals surface area contributed by atoms with E-state index in [0.29, 0.717) is 12.3 Å². The monoisotopic (exact) mass is 500 g/mol. The van der Waals surface area contributed by atoms with Crippen LogP contribution in [0.3, 0.4) is 0 Å². The van der Waals surface area contributed by atoms with Gasteiger partial charge < -0.3 is 15.0 Å². The van der Waals surface area contributed by atoms with E-state index in [4.69, 9.17) is 4.74 Å². The first-order chi connectivity index (χ1) is 15.5. The number of amides is 2. The number of benzene rings is 2. The molecule has 1 aliphatic carbocycles. The molecule has 3 rings (SSSR count). The highest BCUT2D eigenvalue weighted by atomic mass is 79.9. The van der Waals surface area contributed by atoms with E-state index < -0.39 is 6.04 Å². The predicted molar refractivity (Wildman–Crippen MR) is 130 cm³/mol. The minimum absolute atomic E-state index is 0.104. The number of carbonyl (C=O) groups is 2. The second-order valence-electron chi connectivity index (χ2n) is 8.46. The van der Waals surface area contributed by atoms with Crippen LogP contribution in [0.1, 0.15) is 57.1 Å². The summed E-state index contributed by atoms with van der Waals surface area (Å²) < 4.78 is 6.70. The highest BCUT2D eigenvalue weighted by Gasteiger charge is 2.28. The highest BCUT2D eigenvalue weighted by molar-refractivity contribution is 9.10. The number of hydrogen-bond donors (Lipinski definition) is 1. The van der Waals surface area contributed by atoms with Gasteiger partial charge in [-0.2, -0.15) is 0 Å². The van der Waals surface area contributed by atoms with Gasteiger partial charge in [0, 0.05) is 17.1 Å². The Bertz CT molecular complexity index is 894. The molecule has 0 aromatic heterocycles. The molecular formula is C26H33BrN2O3. The lowest BCUT2D eigenvalue weighted by atomic mass is 9.95. The van der Waals surface area contributed by atoms with Crippen LogP contribution < -0.4 is 10.1 Å². The Kier molecular flexibility index (Phi) is 9.15. The zero-order valence-electron chi connectivity index (χ0n) is 19.0. The van der Waals surface area contributed by atoms with Crippen molar-refractivity contribution in [2.45, 2.75) is 71.0 Å². The Labute approximate surface area is 199 Å². The summed E-state index contributed by atoms with van der Waals surface area (Å²) in [7, 11) is 0. The molecule has 1 saturated carbocycles. The van der Waals surface area contributed by atoms with Crippen molar-refractivity contribution in [2.75, 3.05) is 6.61 Å². The maximum atomic E-state index is 13.2. The van der Waals surface area contributed by atoms with Gasteiger partial charge in [-0.05, 0) is 61.6 Å². The molecule has 0 heterocycles. The van der Waals surface area contributed by atoms with E-state index >= 15 is 0 Å². The van der Waals surface area contributed by atoms with Crippen molar-refractivity contribution in [3.8, 4) is 5.75 Å². The zero-order valence-corrected chi connectivity index (χ0v) is 20.6. The van der Waals surface area contributed by atoms with Crippen LogP contribution in [0.25, 0.3) is 0 Å². The topological polar surface area (TPSA) is 58.6 Å². The number of carbonyl (C=O) groups excluding carboxylic acids is 2. The Morgan fingerprint density at radius 1 is 1.09 bits per heavy atom. The highest BCUT2D eigenvalue weighted by Crippen LogP contribution is 2.19. The van der Waals surface area contributed by atoms with Crippen molar-refractivity contribution in [3.05, 3.63) is 64.1 Å². The third kappa shape index (κ3) is 7.09. The molecule has 1 atom stereocenters. The molecule has 5 nitrogen and oxygen atoms in total. The Morgan fingerprint density at radius 2 is 1.81 bits per heavy atom. The Balaban J connectivity index is 1.69. The van der Waals surface area contributed by atoms with Gasteiger partial charge in [0.15, 0.2) is 6.61 Å². The van der Waals surface area contributed by atoms with Gasteiger partial charge in [-0.15, -0.1) is 0 Å². The smallest absolute Gasteiger partial charge is 0.261 e. The zero-order chi connectivity index (χ0) is 22.9. The Morgan fingerprint density at radius 3 is 2.47 bits per heavy atom. The van der Waals surface area contributed by atoms with Crippen LogP contribution in [-0.4, -0.2) is 35.4 Å². The van der Waals surface area contributed by atoms with E-state index in [9.17, 15) is 9.59 Å². The van der Waals surface area contributed by atoms with Gasteiger partial charge in [-0.1, -0.05) is 66.4 Å². The van der Waals surface area contributed by atoms with Crippen molar-refractivity contribution in [1.29, 1.82) is 0 Å². The van der Waals surface area contributed by atoms with Gasteiger partial charge in [-0.3, -0.25) is 9.59 Å². The molecule has 2 aromatic rings. The number of rotatable bonds is 9. The van der Waals surface area contributed by atoms with Crippen molar-refractivity contribution in [1.82, 2.24) is 10.2 Å². The third-order valence-electron chi connectivity index (χ3n) is 6.05. The predicted octanol–water partition coefficient (Wildman–Crippen LogP) is 5.26. The largest absolute Gasteiger partial charge is 0.484 e. The van der Waals surface area contributed by atoms with Crippen molar-refractivity contribution in [2.24, 2.45) is 0 Å². The van der Waals surface area contributed by atoms with Crippen LogP contribution in [0.15, 0.2) is 53.0 Å². The molecule has 0 bridgehead atoms. The lowest BCUT2D eigenvalue weighted by molar-refractivity contribution is -0.142. The summed E-state index contributed by atoms with van der Waals surface area (Å²) in [6, 6.07) is 15.2. The van der Waals surface area contributed by atoms with Gasteiger partial charge in [-0.25, -0.2) is 0 Å². The summed E-state index contributed by atoms with van der Waals surface area (Å²) in [6.07, 6.45) is 6.48. The number of aryl methyl sites for hydroxylation is 1. The van der Waals surface area contributed by atoms with Crippen molar-refractivity contribution < 1.29 is 14.3 Å². The molecule has 1 aliphatic rings. The van der Waals surface area contributed by atoms with E-state index in [2.05, 4.69) is 28.2 Å². The van der Waals surface area contributed by atoms with E-state index in [1.54, 1.807) is 11.8 Å². The lowest BCUT2D eigenvalue weighted by Gasteiger charge is -2.31. The first-order valence-electron chi connectivity index (χ1n) is 11.5. The van der Waals surface area contributed by atoms with Gasteiger partial charge >= 0.3 is 0 Å². The molecular weight excluding hydrogens is 468 g/mol. The summed E-state index contributed by atoms with van der Waals surface area (Å²) >= 11 is 3.49. The van der Waals surface area contributed by atoms with Gasteiger partial charge in [0.25, 0.3) is 5.91 Å². The maximum absolute atomic E-state index is 13.2. The van der Waals surface area contributed by atoms with Gasteiger partial charge in [0.2, 0.25) is 5.91 Å². The molecule has 1 unspecified atom stereocenters.